The summed E-state index contributed by atoms with van der Waals surface area (Å²) in [5.41, 5.74) is 0.293. The lowest BCUT2D eigenvalue weighted by molar-refractivity contribution is -0.127. The van der Waals surface area contributed by atoms with Crippen LogP contribution in [-0.4, -0.2) is 37.5 Å². The zero-order chi connectivity index (χ0) is 14.6. The number of hydrogen-bond acceptors (Lipinski definition) is 3. The van der Waals surface area contributed by atoms with Crippen LogP contribution in [-0.2, 0) is 9.59 Å². The monoisotopic (exact) mass is 281 g/mol. The SMILES string of the molecule is CC(C)CC1(CNC(=O)C2CNC(=O)CN2)CCCC1. The van der Waals surface area contributed by atoms with Crippen LogP contribution in [0.3, 0.4) is 0 Å². The summed E-state index contributed by atoms with van der Waals surface area (Å²) >= 11 is 0. The topological polar surface area (TPSA) is 70.2 Å². The quantitative estimate of drug-likeness (QED) is 0.698. The van der Waals surface area contributed by atoms with Crippen LogP contribution in [0.2, 0.25) is 0 Å². The highest BCUT2D eigenvalue weighted by Gasteiger charge is 2.35. The van der Waals surface area contributed by atoms with Crippen LogP contribution in [0, 0.1) is 11.3 Å². The molecule has 2 aliphatic rings. The first-order chi connectivity index (χ1) is 9.51. The molecule has 2 rings (SSSR count). The van der Waals surface area contributed by atoms with Gasteiger partial charge in [-0.15, -0.1) is 0 Å². The van der Waals surface area contributed by atoms with Crippen LogP contribution >= 0.6 is 0 Å². The van der Waals surface area contributed by atoms with Gasteiger partial charge < -0.3 is 10.6 Å². The molecule has 2 amide bonds. The van der Waals surface area contributed by atoms with Crippen molar-refractivity contribution in [3.63, 3.8) is 0 Å². The molecule has 1 aliphatic carbocycles. The molecular formula is C15H27N3O2. The van der Waals surface area contributed by atoms with Crippen LogP contribution in [0.1, 0.15) is 46.0 Å². The Morgan fingerprint density at radius 3 is 2.65 bits per heavy atom. The van der Waals surface area contributed by atoms with Crippen molar-refractivity contribution in [3.8, 4) is 0 Å². The van der Waals surface area contributed by atoms with E-state index in [2.05, 4.69) is 29.8 Å². The van der Waals surface area contributed by atoms with Gasteiger partial charge in [-0.2, -0.15) is 0 Å². The lowest BCUT2D eigenvalue weighted by Gasteiger charge is -2.32. The van der Waals surface area contributed by atoms with Gasteiger partial charge in [-0.25, -0.2) is 0 Å². The zero-order valence-electron chi connectivity index (χ0n) is 12.6. The standard InChI is InChI=1S/C15H27N3O2/c1-11(2)7-15(5-3-4-6-15)10-18-14(20)12-8-17-13(19)9-16-12/h11-12,16H,3-10H2,1-2H3,(H,17,19)(H,18,20). The fourth-order valence-corrected chi connectivity index (χ4v) is 3.59. The molecule has 3 N–H and O–H groups in total. The highest BCUT2D eigenvalue weighted by atomic mass is 16.2. The molecule has 1 aliphatic heterocycles. The van der Waals surface area contributed by atoms with E-state index in [4.69, 9.17) is 0 Å². The molecule has 1 atom stereocenters. The molecule has 2 fully saturated rings. The average molecular weight is 281 g/mol. The fraction of sp³-hybridized carbons (Fsp3) is 0.867. The third kappa shape index (κ3) is 3.95. The highest BCUT2D eigenvalue weighted by molar-refractivity contribution is 5.86. The van der Waals surface area contributed by atoms with Crippen molar-refractivity contribution in [2.24, 2.45) is 11.3 Å². The second kappa shape index (κ2) is 6.57. The van der Waals surface area contributed by atoms with Crippen LogP contribution in [0.15, 0.2) is 0 Å². The van der Waals surface area contributed by atoms with Gasteiger partial charge in [-0.3, -0.25) is 14.9 Å². The van der Waals surface area contributed by atoms with Crippen molar-refractivity contribution >= 4 is 11.8 Å². The number of nitrogens with one attached hydrogen (secondary N) is 3. The molecule has 0 bridgehead atoms. The normalized spacial score (nSPS) is 25.6. The summed E-state index contributed by atoms with van der Waals surface area (Å²) in [7, 11) is 0. The van der Waals surface area contributed by atoms with Gasteiger partial charge in [0.1, 0.15) is 6.04 Å². The number of amides is 2. The largest absolute Gasteiger partial charge is 0.354 e. The number of hydrogen-bond donors (Lipinski definition) is 3. The number of carbonyl (C=O) groups is 2. The summed E-state index contributed by atoms with van der Waals surface area (Å²) in [5, 5.41) is 8.80. The Balaban J connectivity index is 1.83. The molecule has 0 spiro atoms. The van der Waals surface area contributed by atoms with E-state index in [1.807, 2.05) is 0 Å². The average Bonchev–Trinajstić information content (AvgIpc) is 2.85. The Hall–Kier alpha value is -1.10. The Morgan fingerprint density at radius 1 is 1.40 bits per heavy atom. The Bertz CT molecular complexity index is 352. The van der Waals surface area contributed by atoms with Gasteiger partial charge in [0.25, 0.3) is 0 Å². The molecular weight excluding hydrogens is 254 g/mol. The lowest BCUT2D eigenvalue weighted by atomic mass is 9.78. The molecule has 0 radical (unpaired) electrons. The first kappa shape index (κ1) is 15.3. The van der Waals surface area contributed by atoms with E-state index in [1.54, 1.807) is 0 Å². The third-order valence-corrected chi connectivity index (χ3v) is 4.47. The van der Waals surface area contributed by atoms with E-state index < -0.39 is 0 Å². The first-order valence-corrected chi connectivity index (χ1v) is 7.79. The van der Waals surface area contributed by atoms with Crippen LogP contribution in [0.5, 0.6) is 0 Å². The second-order valence-electron chi connectivity index (χ2n) is 6.76. The molecule has 5 nitrogen and oxygen atoms in total. The summed E-state index contributed by atoms with van der Waals surface area (Å²) in [4.78, 5) is 23.2. The molecule has 20 heavy (non-hydrogen) atoms. The van der Waals surface area contributed by atoms with Crippen molar-refractivity contribution in [2.75, 3.05) is 19.6 Å². The summed E-state index contributed by atoms with van der Waals surface area (Å²) < 4.78 is 0. The van der Waals surface area contributed by atoms with Crippen molar-refractivity contribution in [3.05, 3.63) is 0 Å². The fourth-order valence-electron chi connectivity index (χ4n) is 3.59. The molecule has 1 unspecified atom stereocenters. The van der Waals surface area contributed by atoms with Gasteiger partial charge in [0, 0.05) is 13.1 Å². The molecule has 1 heterocycles. The summed E-state index contributed by atoms with van der Waals surface area (Å²) in [5.74, 6) is 0.637. The van der Waals surface area contributed by atoms with E-state index in [1.165, 1.54) is 32.1 Å². The molecule has 0 aromatic rings. The molecule has 114 valence electrons. The van der Waals surface area contributed by atoms with E-state index >= 15 is 0 Å². The first-order valence-electron chi connectivity index (χ1n) is 7.79. The smallest absolute Gasteiger partial charge is 0.238 e. The van der Waals surface area contributed by atoms with Gasteiger partial charge in [0.2, 0.25) is 11.8 Å². The third-order valence-electron chi connectivity index (χ3n) is 4.47. The van der Waals surface area contributed by atoms with Gasteiger partial charge >= 0.3 is 0 Å². The van der Waals surface area contributed by atoms with Crippen LogP contribution in [0.25, 0.3) is 0 Å². The maximum Gasteiger partial charge on any atom is 0.238 e. The summed E-state index contributed by atoms with van der Waals surface area (Å²) in [6, 6.07) is -0.287. The number of carbonyl (C=O) groups excluding carboxylic acids is 2. The van der Waals surface area contributed by atoms with E-state index in [0.29, 0.717) is 17.9 Å². The molecule has 0 aromatic heterocycles. The minimum absolute atomic E-state index is 0.0139. The predicted molar refractivity (Wildman–Crippen MR) is 78.2 cm³/mol. The predicted octanol–water partition coefficient (Wildman–Crippen LogP) is 0.797. The molecule has 1 saturated carbocycles. The Labute approximate surface area is 121 Å². The van der Waals surface area contributed by atoms with E-state index in [0.717, 1.165) is 6.54 Å². The van der Waals surface area contributed by atoms with Crippen molar-refractivity contribution in [1.29, 1.82) is 0 Å². The zero-order valence-corrected chi connectivity index (χ0v) is 12.6. The van der Waals surface area contributed by atoms with Gasteiger partial charge in [-0.1, -0.05) is 26.7 Å². The summed E-state index contributed by atoms with van der Waals surface area (Å²) in [6.07, 6.45) is 6.18. The Morgan fingerprint density at radius 2 is 2.10 bits per heavy atom. The molecule has 5 heteroatoms. The van der Waals surface area contributed by atoms with Crippen LogP contribution in [0.4, 0.5) is 0 Å². The van der Waals surface area contributed by atoms with E-state index in [-0.39, 0.29) is 24.4 Å². The second-order valence-corrected chi connectivity index (χ2v) is 6.76. The maximum absolute atomic E-state index is 12.2. The van der Waals surface area contributed by atoms with E-state index in [9.17, 15) is 9.59 Å². The van der Waals surface area contributed by atoms with Crippen molar-refractivity contribution in [1.82, 2.24) is 16.0 Å². The van der Waals surface area contributed by atoms with Gasteiger partial charge in [-0.05, 0) is 30.6 Å². The Kier molecular flexibility index (Phi) is 5.02. The van der Waals surface area contributed by atoms with Crippen molar-refractivity contribution in [2.45, 2.75) is 52.0 Å². The minimum Gasteiger partial charge on any atom is -0.354 e. The minimum atomic E-state index is -0.287. The molecule has 1 saturated heterocycles. The summed E-state index contributed by atoms with van der Waals surface area (Å²) in [6.45, 7) is 5.90. The lowest BCUT2D eigenvalue weighted by Crippen LogP contribution is -2.58. The van der Waals surface area contributed by atoms with Gasteiger partial charge in [0.05, 0.1) is 6.54 Å². The van der Waals surface area contributed by atoms with Crippen LogP contribution < -0.4 is 16.0 Å². The highest BCUT2D eigenvalue weighted by Crippen LogP contribution is 2.42. The maximum atomic E-state index is 12.2. The number of piperazine rings is 1. The number of rotatable bonds is 5. The molecule has 0 aromatic carbocycles. The van der Waals surface area contributed by atoms with Gasteiger partial charge in [0.15, 0.2) is 0 Å². The van der Waals surface area contributed by atoms with Crippen molar-refractivity contribution < 1.29 is 9.59 Å².